The zero-order valence-electron chi connectivity index (χ0n) is 12.5. The Hall–Kier alpha value is -1.03. The van der Waals surface area contributed by atoms with Gasteiger partial charge in [0.2, 0.25) is 0 Å². The van der Waals surface area contributed by atoms with Gasteiger partial charge in [-0.3, -0.25) is 4.90 Å². The van der Waals surface area contributed by atoms with Crippen molar-refractivity contribution in [2.45, 2.75) is 56.5 Å². The quantitative estimate of drug-likeness (QED) is 0.797. The van der Waals surface area contributed by atoms with Crippen LogP contribution in [0, 0.1) is 11.7 Å². The van der Waals surface area contributed by atoms with Crippen molar-refractivity contribution >= 4 is 0 Å². The third-order valence-corrected chi connectivity index (χ3v) is 5.32. The highest BCUT2D eigenvalue weighted by Gasteiger charge is 2.60. The number of alkyl halides is 2. The molecule has 2 fully saturated rings. The molecule has 0 radical (unpaired) electrons. The van der Waals surface area contributed by atoms with Crippen LogP contribution >= 0.6 is 0 Å². The molecule has 2 aliphatic rings. The van der Waals surface area contributed by atoms with Crippen LogP contribution in [0.25, 0.3) is 0 Å². The largest absolute Gasteiger partial charge is 0.294 e. The lowest BCUT2D eigenvalue weighted by atomic mass is 9.74. The summed E-state index contributed by atoms with van der Waals surface area (Å²) in [6.07, 6.45) is 2.40. The fraction of sp³-hybridized carbons (Fsp3) is 0.647. The lowest BCUT2D eigenvalue weighted by Gasteiger charge is -2.43. The molecule has 1 aromatic rings. The van der Waals surface area contributed by atoms with Gasteiger partial charge in [0.15, 0.2) is 0 Å². The van der Waals surface area contributed by atoms with Crippen molar-refractivity contribution < 1.29 is 13.2 Å². The molecule has 4 atom stereocenters. The van der Waals surface area contributed by atoms with Gasteiger partial charge < -0.3 is 0 Å². The number of fused-ring (bicyclic) bond motifs is 2. The van der Waals surface area contributed by atoms with E-state index in [-0.39, 0.29) is 30.1 Å². The van der Waals surface area contributed by atoms with Gasteiger partial charge in [0.25, 0.3) is 5.92 Å². The highest BCUT2D eigenvalue weighted by Crippen LogP contribution is 2.53. The minimum absolute atomic E-state index is 0.0356. The number of rotatable bonds is 3. The Bertz CT molecular complexity index is 499. The summed E-state index contributed by atoms with van der Waals surface area (Å²) in [7, 11) is 1.83. The molecule has 0 aromatic heterocycles. The van der Waals surface area contributed by atoms with Crippen LogP contribution in [0.3, 0.4) is 0 Å². The maximum atomic E-state index is 14.4. The minimum Gasteiger partial charge on any atom is -0.294 e. The van der Waals surface area contributed by atoms with Crippen molar-refractivity contribution in [1.29, 1.82) is 0 Å². The van der Waals surface area contributed by atoms with E-state index in [2.05, 4.69) is 0 Å². The SMILES string of the molecule is CCCC1C(c2ccc(F)cc2)CC2CC(F)(F)C1N2C. The van der Waals surface area contributed by atoms with Crippen LogP contribution in [0.5, 0.6) is 0 Å². The van der Waals surface area contributed by atoms with E-state index in [4.69, 9.17) is 0 Å². The molecule has 2 saturated heterocycles. The molecule has 0 N–H and O–H groups in total. The molecule has 2 bridgehead atoms. The number of nitrogens with zero attached hydrogens (tertiary/aromatic N) is 1. The molecule has 1 nitrogen and oxygen atoms in total. The Kier molecular flexibility index (Phi) is 3.76. The van der Waals surface area contributed by atoms with Gasteiger partial charge in [-0.15, -0.1) is 0 Å². The van der Waals surface area contributed by atoms with Crippen molar-refractivity contribution in [2.24, 2.45) is 5.92 Å². The van der Waals surface area contributed by atoms with Gasteiger partial charge in [0, 0.05) is 12.5 Å². The smallest absolute Gasteiger partial charge is 0.265 e. The standard InChI is InChI=1S/C17H22F3N/c1-3-4-14-15(11-5-7-12(18)8-6-11)9-13-10-17(19,20)16(14)21(13)2/h5-8,13-16H,3-4,9-10H2,1-2H3. The van der Waals surface area contributed by atoms with Gasteiger partial charge >= 0.3 is 0 Å². The van der Waals surface area contributed by atoms with Crippen LogP contribution in [0.4, 0.5) is 13.2 Å². The van der Waals surface area contributed by atoms with Crippen LogP contribution in [0.15, 0.2) is 24.3 Å². The Morgan fingerprint density at radius 1 is 1.24 bits per heavy atom. The van der Waals surface area contributed by atoms with Crippen LogP contribution < -0.4 is 0 Å². The molecular weight excluding hydrogens is 275 g/mol. The lowest BCUT2D eigenvalue weighted by Crippen LogP contribution is -2.50. The number of hydrogen-bond donors (Lipinski definition) is 0. The number of piperidine rings is 1. The van der Waals surface area contributed by atoms with E-state index < -0.39 is 12.0 Å². The summed E-state index contributed by atoms with van der Waals surface area (Å²) in [5.41, 5.74) is 1.01. The molecule has 21 heavy (non-hydrogen) atoms. The van der Waals surface area contributed by atoms with Crippen molar-refractivity contribution in [2.75, 3.05) is 7.05 Å². The van der Waals surface area contributed by atoms with E-state index in [1.165, 1.54) is 12.1 Å². The van der Waals surface area contributed by atoms with Crippen LogP contribution in [0.1, 0.15) is 44.1 Å². The Labute approximate surface area is 124 Å². The predicted molar refractivity (Wildman–Crippen MR) is 77.1 cm³/mol. The zero-order chi connectivity index (χ0) is 15.2. The van der Waals surface area contributed by atoms with Gasteiger partial charge in [0.1, 0.15) is 5.82 Å². The summed E-state index contributed by atoms with van der Waals surface area (Å²) in [5, 5.41) is 0. The van der Waals surface area contributed by atoms with E-state index in [1.54, 1.807) is 12.1 Å². The Morgan fingerprint density at radius 3 is 2.52 bits per heavy atom. The maximum absolute atomic E-state index is 14.4. The van der Waals surface area contributed by atoms with Crippen molar-refractivity contribution in [1.82, 2.24) is 4.90 Å². The molecule has 2 aliphatic heterocycles. The van der Waals surface area contributed by atoms with Crippen molar-refractivity contribution in [3.63, 3.8) is 0 Å². The fourth-order valence-corrected chi connectivity index (χ4v) is 4.44. The molecule has 0 amide bonds. The van der Waals surface area contributed by atoms with Gasteiger partial charge in [-0.05, 0) is 49.4 Å². The predicted octanol–water partition coefficient (Wildman–Crippen LogP) is 4.44. The highest BCUT2D eigenvalue weighted by molar-refractivity contribution is 5.25. The van der Waals surface area contributed by atoms with Gasteiger partial charge in [-0.1, -0.05) is 25.5 Å². The first-order valence-corrected chi connectivity index (χ1v) is 7.79. The van der Waals surface area contributed by atoms with Crippen LogP contribution in [-0.4, -0.2) is 30.0 Å². The molecule has 0 aliphatic carbocycles. The summed E-state index contributed by atoms with van der Waals surface area (Å²) < 4.78 is 41.9. The molecule has 4 unspecified atom stereocenters. The highest BCUT2D eigenvalue weighted by atomic mass is 19.3. The monoisotopic (exact) mass is 297 g/mol. The van der Waals surface area contributed by atoms with E-state index in [0.29, 0.717) is 0 Å². The minimum atomic E-state index is -2.60. The Balaban J connectivity index is 1.96. The molecule has 0 saturated carbocycles. The molecule has 0 spiro atoms. The van der Waals surface area contributed by atoms with Gasteiger partial charge in [-0.25, -0.2) is 13.2 Å². The summed E-state index contributed by atoms with van der Waals surface area (Å²) in [6, 6.07) is 5.68. The first-order chi connectivity index (χ1) is 9.94. The Morgan fingerprint density at radius 2 is 1.90 bits per heavy atom. The topological polar surface area (TPSA) is 3.24 Å². The second-order valence-corrected chi connectivity index (χ2v) is 6.58. The molecule has 3 rings (SSSR count). The fourth-order valence-electron chi connectivity index (χ4n) is 4.44. The zero-order valence-corrected chi connectivity index (χ0v) is 12.5. The molecule has 4 heteroatoms. The molecule has 116 valence electrons. The molecule has 2 heterocycles. The second-order valence-electron chi connectivity index (χ2n) is 6.58. The number of benzene rings is 1. The maximum Gasteiger partial charge on any atom is 0.265 e. The van der Waals surface area contributed by atoms with E-state index >= 15 is 0 Å². The van der Waals surface area contributed by atoms with Crippen molar-refractivity contribution in [3.8, 4) is 0 Å². The molecular formula is C17H22F3N. The van der Waals surface area contributed by atoms with Gasteiger partial charge in [0.05, 0.1) is 6.04 Å². The molecule has 1 aromatic carbocycles. The van der Waals surface area contributed by atoms with E-state index in [1.807, 2.05) is 18.9 Å². The summed E-state index contributed by atoms with van der Waals surface area (Å²) in [4.78, 5) is 1.89. The van der Waals surface area contributed by atoms with E-state index in [0.717, 1.165) is 24.8 Å². The van der Waals surface area contributed by atoms with Crippen molar-refractivity contribution in [3.05, 3.63) is 35.6 Å². The van der Waals surface area contributed by atoms with E-state index in [9.17, 15) is 13.2 Å². The first-order valence-electron chi connectivity index (χ1n) is 7.79. The number of halogens is 3. The summed E-state index contributed by atoms with van der Waals surface area (Å²) in [5.74, 6) is -2.81. The van der Waals surface area contributed by atoms with Gasteiger partial charge in [-0.2, -0.15) is 0 Å². The average molecular weight is 297 g/mol. The normalized spacial score (nSPS) is 35.1. The third kappa shape index (κ3) is 2.48. The number of hydrogen-bond acceptors (Lipinski definition) is 1. The summed E-state index contributed by atoms with van der Waals surface area (Å²) in [6.45, 7) is 2.04. The first kappa shape index (κ1) is 14.9. The van der Waals surface area contributed by atoms with Crippen LogP contribution in [0.2, 0.25) is 0 Å². The second kappa shape index (κ2) is 5.31. The average Bonchev–Trinajstić information content (AvgIpc) is 2.57. The summed E-state index contributed by atoms with van der Waals surface area (Å²) >= 11 is 0. The lowest BCUT2D eigenvalue weighted by molar-refractivity contribution is -0.0614. The third-order valence-electron chi connectivity index (χ3n) is 5.32. The van der Waals surface area contributed by atoms with Crippen LogP contribution in [-0.2, 0) is 0 Å².